The predicted molar refractivity (Wildman–Crippen MR) is 120 cm³/mol. The zero-order valence-corrected chi connectivity index (χ0v) is 19.7. The van der Waals surface area contributed by atoms with Crippen molar-refractivity contribution in [1.82, 2.24) is 0 Å². The van der Waals surface area contributed by atoms with Gasteiger partial charge in [0.25, 0.3) is 0 Å². The molecule has 8 heteroatoms. The number of hydrogen-bond acceptors (Lipinski definition) is 5. The summed E-state index contributed by atoms with van der Waals surface area (Å²) in [5.41, 5.74) is -1.77. The highest BCUT2D eigenvalue weighted by molar-refractivity contribution is 5.85. The Morgan fingerprint density at radius 1 is 1.21 bits per heavy atom. The van der Waals surface area contributed by atoms with Crippen LogP contribution < -0.4 is 0 Å². The minimum atomic E-state index is -4.43. The Morgan fingerprint density at radius 2 is 1.91 bits per heavy atom. The molecule has 34 heavy (non-hydrogen) atoms. The third-order valence-corrected chi connectivity index (χ3v) is 6.21. The van der Waals surface area contributed by atoms with Crippen molar-refractivity contribution in [3.8, 4) is 11.8 Å². The number of carbonyl (C=O) groups excluding carboxylic acids is 2. The summed E-state index contributed by atoms with van der Waals surface area (Å²) >= 11 is 0. The average Bonchev–Trinajstić information content (AvgIpc) is 3.05. The Hall–Kier alpha value is -2.37. The molecule has 4 atom stereocenters. The first-order chi connectivity index (χ1) is 15.9. The molecule has 188 valence electrons. The molecule has 5 nitrogen and oxygen atoms in total. The van der Waals surface area contributed by atoms with Crippen LogP contribution in [0, 0.1) is 23.7 Å². The summed E-state index contributed by atoms with van der Waals surface area (Å²) in [6.45, 7) is 1.48. The average molecular weight is 483 g/mol. The van der Waals surface area contributed by atoms with E-state index < -0.39 is 35.3 Å². The largest absolute Gasteiger partial charge is 0.469 e. The van der Waals surface area contributed by atoms with Gasteiger partial charge in [-0.15, -0.1) is 0 Å². The Kier molecular flexibility index (Phi) is 10.1. The van der Waals surface area contributed by atoms with Crippen LogP contribution in [0.5, 0.6) is 0 Å². The van der Waals surface area contributed by atoms with Gasteiger partial charge in [-0.1, -0.05) is 49.3 Å². The zero-order valence-electron chi connectivity index (χ0n) is 19.7. The normalized spacial score (nSPS) is 22.1. The maximum atomic E-state index is 12.9. The van der Waals surface area contributed by atoms with Crippen molar-refractivity contribution in [2.24, 2.45) is 11.8 Å². The molecule has 0 saturated heterocycles. The molecular formula is C26H33F3O5. The molecule has 1 aromatic carbocycles. The van der Waals surface area contributed by atoms with Gasteiger partial charge in [-0.05, 0) is 44.2 Å². The highest BCUT2D eigenvalue weighted by atomic mass is 19.4. The second-order valence-corrected chi connectivity index (χ2v) is 9.14. The number of ketones is 1. The van der Waals surface area contributed by atoms with Crippen LogP contribution in [0.25, 0.3) is 0 Å². The smallest absolute Gasteiger partial charge is 0.416 e. The Balaban J connectivity index is 1.91. The van der Waals surface area contributed by atoms with Crippen LogP contribution in [0.15, 0.2) is 24.3 Å². The molecular weight excluding hydrogens is 449 g/mol. The van der Waals surface area contributed by atoms with Gasteiger partial charge in [-0.25, -0.2) is 0 Å². The summed E-state index contributed by atoms with van der Waals surface area (Å²) in [4.78, 5) is 23.5. The Morgan fingerprint density at radius 3 is 2.59 bits per heavy atom. The number of aliphatic hydroxyl groups is 2. The van der Waals surface area contributed by atoms with E-state index in [-0.39, 0.29) is 31.0 Å². The number of methoxy groups -OCH3 is 1. The molecule has 0 spiro atoms. The third-order valence-electron chi connectivity index (χ3n) is 6.21. The standard InChI is InChI=1S/C26H33F3O5/c1-25(33,14-12-18-8-7-9-19(16-18)26(27,28)29)15-13-21-20(22(30)17-23(21)31)10-5-3-4-6-11-24(32)34-2/h7-9,16,20-21,23,31,33H,3-6,10-12,14,17H2,1-2H3/t20-,21-,23+,25+/m1/s1. The fourth-order valence-electron chi connectivity index (χ4n) is 4.17. The van der Waals surface area contributed by atoms with Gasteiger partial charge in [-0.2, -0.15) is 13.2 Å². The maximum absolute atomic E-state index is 12.9. The molecule has 1 aromatic rings. The number of unbranched alkanes of at least 4 members (excludes halogenated alkanes) is 3. The molecule has 0 heterocycles. The van der Waals surface area contributed by atoms with Gasteiger partial charge < -0.3 is 14.9 Å². The molecule has 2 rings (SSSR count). The number of benzene rings is 1. The van der Waals surface area contributed by atoms with Crippen LogP contribution in [0.1, 0.15) is 69.4 Å². The molecule has 0 unspecified atom stereocenters. The van der Waals surface area contributed by atoms with Gasteiger partial charge in [-0.3, -0.25) is 9.59 Å². The van der Waals surface area contributed by atoms with Crippen LogP contribution in [-0.2, 0) is 26.9 Å². The lowest BCUT2D eigenvalue weighted by Gasteiger charge is -2.19. The molecule has 0 aliphatic heterocycles. The molecule has 1 fully saturated rings. The van der Waals surface area contributed by atoms with E-state index in [0.717, 1.165) is 31.4 Å². The minimum absolute atomic E-state index is 0.0265. The third kappa shape index (κ3) is 8.77. The second kappa shape index (κ2) is 12.4. The summed E-state index contributed by atoms with van der Waals surface area (Å²) in [6, 6.07) is 4.96. The fourth-order valence-corrected chi connectivity index (χ4v) is 4.17. The van der Waals surface area contributed by atoms with E-state index in [1.54, 1.807) is 6.07 Å². The van der Waals surface area contributed by atoms with E-state index >= 15 is 0 Å². The number of Topliss-reactive ketones (excluding diaryl/α,β-unsaturated/α-hetero) is 1. The summed E-state index contributed by atoms with van der Waals surface area (Å²) in [5.74, 6) is 4.34. The van der Waals surface area contributed by atoms with E-state index in [9.17, 15) is 33.0 Å². The number of ether oxygens (including phenoxy) is 1. The van der Waals surface area contributed by atoms with Crippen molar-refractivity contribution in [1.29, 1.82) is 0 Å². The zero-order chi connectivity index (χ0) is 25.4. The van der Waals surface area contributed by atoms with Crippen molar-refractivity contribution in [2.75, 3.05) is 7.11 Å². The summed E-state index contributed by atoms with van der Waals surface area (Å²) in [5, 5.41) is 20.9. The van der Waals surface area contributed by atoms with E-state index in [4.69, 9.17) is 0 Å². The first kappa shape index (κ1) is 27.9. The fraction of sp³-hybridized carbons (Fsp3) is 0.615. The molecule has 1 aliphatic rings. The van der Waals surface area contributed by atoms with Crippen LogP contribution >= 0.6 is 0 Å². The van der Waals surface area contributed by atoms with Crippen molar-refractivity contribution in [2.45, 2.75) is 82.6 Å². The monoisotopic (exact) mass is 482 g/mol. The Labute approximate surface area is 198 Å². The number of alkyl halides is 3. The lowest BCUT2D eigenvalue weighted by atomic mass is 9.88. The quantitative estimate of drug-likeness (QED) is 0.292. The first-order valence-electron chi connectivity index (χ1n) is 11.6. The van der Waals surface area contributed by atoms with Gasteiger partial charge in [0.15, 0.2) is 0 Å². The van der Waals surface area contributed by atoms with Crippen molar-refractivity contribution in [3.05, 3.63) is 35.4 Å². The number of halogens is 3. The number of esters is 1. The first-order valence-corrected chi connectivity index (χ1v) is 11.6. The van der Waals surface area contributed by atoms with Crippen molar-refractivity contribution < 1.29 is 37.7 Å². The molecule has 1 saturated carbocycles. The highest BCUT2D eigenvalue weighted by Gasteiger charge is 2.40. The summed E-state index contributed by atoms with van der Waals surface area (Å²) in [7, 11) is 1.35. The predicted octanol–water partition coefficient (Wildman–Crippen LogP) is 4.47. The Bertz CT molecular complexity index is 898. The van der Waals surface area contributed by atoms with Crippen LogP contribution in [0.2, 0.25) is 0 Å². The minimum Gasteiger partial charge on any atom is -0.469 e. The van der Waals surface area contributed by atoms with E-state index in [1.807, 2.05) is 0 Å². The molecule has 1 aliphatic carbocycles. The highest BCUT2D eigenvalue weighted by Crippen LogP contribution is 2.33. The van der Waals surface area contributed by atoms with Gasteiger partial charge >= 0.3 is 12.1 Å². The molecule has 0 radical (unpaired) electrons. The van der Waals surface area contributed by atoms with Gasteiger partial charge in [0.1, 0.15) is 11.4 Å². The SMILES string of the molecule is COC(=O)CCCCCC[C@H]1C(=O)C[C@H](O)[C@@H]1C#C[C@@](C)(O)CCc1cccc(C(F)(F)F)c1. The van der Waals surface area contributed by atoms with E-state index in [2.05, 4.69) is 16.6 Å². The van der Waals surface area contributed by atoms with E-state index in [1.165, 1.54) is 20.1 Å². The van der Waals surface area contributed by atoms with Gasteiger partial charge in [0, 0.05) is 18.8 Å². The molecule has 0 amide bonds. The lowest BCUT2D eigenvalue weighted by molar-refractivity contribution is -0.140. The molecule has 0 aromatic heterocycles. The van der Waals surface area contributed by atoms with Crippen molar-refractivity contribution in [3.63, 3.8) is 0 Å². The van der Waals surface area contributed by atoms with Crippen LogP contribution in [0.3, 0.4) is 0 Å². The number of rotatable bonds is 10. The van der Waals surface area contributed by atoms with Crippen LogP contribution in [0.4, 0.5) is 13.2 Å². The molecule has 0 bridgehead atoms. The van der Waals surface area contributed by atoms with E-state index in [0.29, 0.717) is 24.8 Å². The number of hydrogen-bond donors (Lipinski definition) is 2. The van der Waals surface area contributed by atoms with Gasteiger partial charge in [0.2, 0.25) is 0 Å². The number of aryl methyl sites for hydroxylation is 1. The topological polar surface area (TPSA) is 83.8 Å². The maximum Gasteiger partial charge on any atom is 0.416 e. The molecule has 2 N–H and O–H groups in total. The number of aliphatic hydroxyl groups excluding tert-OH is 1. The lowest BCUT2D eigenvalue weighted by Crippen LogP contribution is -2.25. The second-order valence-electron chi connectivity index (χ2n) is 9.14. The van der Waals surface area contributed by atoms with Crippen molar-refractivity contribution >= 4 is 11.8 Å². The number of carbonyl (C=O) groups is 2. The van der Waals surface area contributed by atoms with Crippen LogP contribution in [-0.4, -0.2) is 40.8 Å². The summed E-state index contributed by atoms with van der Waals surface area (Å²) in [6.07, 6.45) is -0.913. The summed E-state index contributed by atoms with van der Waals surface area (Å²) < 4.78 is 43.3. The van der Waals surface area contributed by atoms with Gasteiger partial charge in [0.05, 0.1) is 24.7 Å².